The topological polar surface area (TPSA) is 164 Å². The number of nitrogens with zero attached hydrogens (tertiary/aromatic N) is 3. The first kappa shape index (κ1) is 20.1. The van der Waals surface area contributed by atoms with Gasteiger partial charge in [0.1, 0.15) is 5.82 Å². The number of hydrogen-bond acceptors (Lipinski definition) is 9. The van der Waals surface area contributed by atoms with E-state index >= 15 is 0 Å². The van der Waals surface area contributed by atoms with E-state index in [1.807, 2.05) is 0 Å². The molecular formula is C13H17BrFN7O3S. The second-order valence-corrected chi connectivity index (χ2v) is 8.54. The van der Waals surface area contributed by atoms with Crippen LogP contribution in [0.3, 0.4) is 0 Å². The number of anilines is 2. The smallest absolute Gasteiger partial charge is 0.203 e. The molecule has 26 heavy (non-hydrogen) atoms. The molecule has 2 aromatic rings. The molecule has 142 valence electrons. The average molecular weight is 450 g/mol. The summed E-state index contributed by atoms with van der Waals surface area (Å²) in [6.07, 6.45) is 0. The summed E-state index contributed by atoms with van der Waals surface area (Å²) in [5.74, 6) is -0.0703. The Morgan fingerprint density at radius 1 is 1.35 bits per heavy atom. The molecule has 1 aromatic heterocycles. The Hall–Kier alpha value is -2.25. The van der Waals surface area contributed by atoms with Crippen LogP contribution in [0.4, 0.5) is 15.9 Å². The summed E-state index contributed by atoms with van der Waals surface area (Å²) >= 11 is 3.06. The van der Waals surface area contributed by atoms with Crippen molar-refractivity contribution in [2.24, 2.45) is 5.16 Å². The quantitative estimate of drug-likeness (QED) is 0.156. The lowest BCUT2D eigenvalue weighted by molar-refractivity contribution is 0.305. The van der Waals surface area contributed by atoms with Gasteiger partial charge in [-0.25, -0.2) is 9.02 Å². The highest BCUT2D eigenvalue weighted by molar-refractivity contribution is 9.10. The second-order valence-electron chi connectivity index (χ2n) is 5.11. The van der Waals surface area contributed by atoms with Gasteiger partial charge in [0.15, 0.2) is 5.69 Å². The number of aliphatic hydroxyl groups is 1. The molecule has 13 heteroatoms. The second kappa shape index (κ2) is 8.91. The van der Waals surface area contributed by atoms with Gasteiger partial charge in [0.05, 0.1) is 11.1 Å². The van der Waals surface area contributed by atoms with Gasteiger partial charge >= 0.3 is 0 Å². The van der Waals surface area contributed by atoms with Gasteiger partial charge in [-0.3, -0.25) is 9.56 Å². The zero-order valence-electron chi connectivity index (χ0n) is 13.4. The fourth-order valence-electron chi connectivity index (χ4n) is 1.90. The molecule has 0 saturated carbocycles. The van der Waals surface area contributed by atoms with Gasteiger partial charge in [0.2, 0.25) is 11.7 Å². The van der Waals surface area contributed by atoms with Crippen LogP contribution in [0.2, 0.25) is 0 Å². The molecule has 0 saturated heterocycles. The van der Waals surface area contributed by atoms with Crippen molar-refractivity contribution in [2.75, 3.05) is 35.3 Å². The van der Waals surface area contributed by atoms with E-state index in [1.165, 1.54) is 18.2 Å². The summed E-state index contributed by atoms with van der Waals surface area (Å²) in [6, 6.07) is 4.13. The Bertz CT molecular complexity index is 888. The lowest BCUT2D eigenvalue weighted by Crippen LogP contribution is -2.20. The SMILES string of the molecule is N=S(=N)(CCO)CCNc1nonc1/C(=N/O)Nc1ccc(F)c(Br)c1. The number of rotatable bonds is 8. The van der Waals surface area contributed by atoms with Crippen molar-refractivity contribution >= 4 is 42.9 Å². The lowest BCUT2D eigenvalue weighted by Gasteiger charge is -2.10. The molecule has 0 aliphatic carbocycles. The summed E-state index contributed by atoms with van der Waals surface area (Å²) in [6.45, 7) is 0.0158. The van der Waals surface area contributed by atoms with E-state index in [9.17, 15) is 9.60 Å². The molecule has 0 aliphatic rings. The molecule has 0 spiro atoms. The molecule has 6 N–H and O–H groups in total. The maximum absolute atomic E-state index is 13.3. The highest BCUT2D eigenvalue weighted by atomic mass is 79.9. The van der Waals surface area contributed by atoms with Crippen LogP contribution in [-0.2, 0) is 9.62 Å². The maximum atomic E-state index is 13.3. The van der Waals surface area contributed by atoms with Crippen molar-refractivity contribution in [3.63, 3.8) is 0 Å². The van der Waals surface area contributed by atoms with Gasteiger partial charge in [0, 0.05) is 23.7 Å². The van der Waals surface area contributed by atoms with E-state index in [0.29, 0.717) is 5.69 Å². The predicted molar refractivity (Wildman–Crippen MR) is 98.5 cm³/mol. The minimum Gasteiger partial charge on any atom is -0.409 e. The van der Waals surface area contributed by atoms with Crippen LogP contribution in [0.15, 0.2) is 32.5 Å². The largest absolute Gasteiger partial charge is 0.409 e. The molecule has 0 aliphatic heterocycles. The van der Waals surface area contributed by atoms with Crippen LogP contribution in [0.5, 0.6) is 0 Å². The van der Waals surface area contributed by atoms with Gasteiger partial charge in [-0.1, -0.05) is 14.8 Å². The first-order valence-electron chi connectivity index (χ1n) is 7.26. The van der Waals surface area contributed by atoms with Crippen molar-refractivity contribution < 1.29 is 19.3 Å². The number of amidine groups is 1. The number of oxime groups is 1. The van der Waals surface area contributed by atoms with Crippen molar-refractivity contribution in [3.8, 4) is 0 Å². The molecule has 0 fully saturated rings. The monoisotopic (exact) mass is 449 g/mol. The van der Waals surface area contributed by atoms with Crippen LogP contribution in [0, 0.1) is 15.4 Å². The van der Waals surface area contributed by atoms with E-state index in [0.717, 1.165) is 0 Å². The van der Waals surface area contributed by atoms with E-state index in [1.54, 1.807) is 0 Å². The maximum Gasteiger partial charge on any atom is 0.203 e. The Balaban J connectivity index is 2.08. The standard InChI is InChI=1S/C13H17BrFN7O3S/c14-9-7-8(1-2-10(9)15)19-13(20-24)11-12(22-25-21-11)18-3-5-26(16,17)6-4-23/h1-2,7,16-17,23-24H,3-6H2,(H,18,22)(H,19,20). The third-order valence-corrected chi connectivity index (χ3v) is 5.57. The molecule has 1 heterocycles. The molecule has 0 radical (unpaired) electrons. The number of aliphatic hydroxyl groups excluding tert-OH is 1. The fourth-order valence-corrected chi connectivity index (χ4v) is 3.25. The number of benzene rings is 1. The van der Waals surface area contributed by atoms with Gasteiger partial charge in [0.25, 0.3) is 0 Å². The summed E-state index contributed by atoms with van der Waals surface area (Å²) in [7, 11) is -2.41. The fraction of sp³-hybridized carbons (Fsp3) is 0.308. The summed E-state index contributed by atoms with van der Waals surface area (Å²) < 4.78 is 33.8. The van der Waals surface area contributed by atoms with Crippen LogP contribution >= 0.6 is 15.9 Å². The molecule has 0 atom stereocenters. The minimum absolute atomic E-state index is 0.0747. The molecule has 10 nitrogen and oxygen atoms in total. The first-order valence-corrected chi connectivity index (χ1v) is 10.0. The van der Waals surface area contributed by atoms with Gasteiger partial charge < -0.3 is 20.9 Å². The minimum atomic E-state index is -2.41. The Morgan fingerprint density at radius 3 is 2.77 bits per heavy atom. The number of hydrogen-bond donors (Lipinski definition) is 6. The number of halogens is 2. The Labute approximate surface area is 157 Å². The predicted octanol–water partition coefficient (Wildman–Crippen LogP) is 2.30. The Kier molecular flexibility index (Phi) is 6.88. The third-order valence-electron chi connectivity index (χ3n) is 3.18. The van der Waals surface area contributed by atoms with Gasteiger partial charge in [-0.2, -0.15) is 0 Å². The highest BCUT2D eigenvalue weighted by Gasteiger charge is 2.18. The molecule has 0 bridgehead atoms. The molecular weight excluding hydrogens is 433 g/mol. The summed E-state index contributed by atoms with van der Waals surface area (Å²) in [5, 5.41) is 34.2. The molecule has 0 unspecified atom stereocenters. The first-order chi connectivity index (χ1) is 12.4. The van der Waals surface area contributed by atoms with Crippen molar-refractivity contribution in [3.05, 3.63) is 34.2 Å². The molecule has 1 aromatic carbocycles. The molecule has 0 amide bonds. The van der Waals surface area contributed by atoms with E-state index in [2.05, 4.69) is 46.7 Å². The van der Waals surface area contributed by atoms with E-state index < -0.39 is 15.4 Å². The van der Waals surface area contributed by atoms with Crippen LogP contribution in [0.1, 0.15) is 5.69 Å². The molecule has 2 rings (SSSR count). The number of aromatic nitrogens is 2. The average Bonchev–Trinajstić information content (AvgIpc) is 3.04. The highest BCUT2D eigenvalue weighted by Crippen LogP contribution is 2.21. The van der Waals surface area contributed by atoms with E-state index in [-0.39, 0.29) is 46.5 Å². The zero-order chi connectivity index (χ0) is 19.2. The van der Waals surface area contributed by atoms with Gasteiger partial charge in [-0.15, -0.1) is 0 Å². The van der Waals surface area contributed by atoms with Crippen molar-refractivity contribution in [1.82, 2.24) is 10.3 Å². The Morgan fingerprint density at radius 2 is 2.12 bits per heavy atom. The number of nitrogens with one attached hydrogen (secondary N) is 4. The third kappa shape index (κ3) is 5.37. The van der Waals surface area contributed by atoms with Crippen LogP contribution in [-0.4, -0.2) is 51.1 Å². The normalized spacial score (nSPS) is 12.2. The van der Waals surface area contributed by atoms with Crippen molar-refractivity contribution in [1.29, 1.82) is 9.56 Å². The summed E-state index contributed by atoms with van der Waals surface area (Å²) in [4.78, 5) is 0. The summed E-state index contributed by atoms with van der Waals surface area (Å²) in [5.41, 5.74) is 0.509. The van der Waals surface area contributed by atoms with Crippen LogP contribution in [0.25, 0.3) is 0 Å². The van der Waals surface area contributed by atoms with Crippen LogP contribution < -0.4 is 10.6 Å². The zero-order valence-corrected chi connectivity index (χ0v) is 15.8. The van der Waals surface area contributed by atoms with Gasteiger partial charge in [-0.05, 0) is 44.4 Å². The van der Waals surface area contributed by atoms with Crippen molar-refractivity contribution in [2.45, 2.75) is 0 Å². The lowest BCUT2D eigenvalue weighted by atomic mass is 10.3. The van der Waals surface area contributed by atoms with E-state index in [4.69, 9.17) is 14.7 Å².